The fourth-order valence-corrected chi connectivity index (χ4v) is 3.20. The van der Waals surface area contributed by atoms with Gasteiger partial charge >= 0.3 is 0 Å². The fourth-order valence-electron chi connectivity index (χ4n) is 2.63. The fraction of sp³-hybridized carbons (Fsp3) is 0.158. The molecule has 0 radical (unpaired) electrons. The minimum Gasteiger partial charge on any atom is -0.360 e. The van der Waals surface area contributed by atoms with Crippen molar-refractivity contribution in [3.8, 4) is 11.3 Å². The standard InChI is InChI=1S/C19H16Cl2N2O2/c1-11(13-7-4-3-5-8-13)22-19(24)16-12(2)25-23-18(16)17-14(20)9-6-10-15(17)21/h3-11H,1-2H3,(H,22,24). The third-order valence-electron chi connectivity index (χ3n) is 3.94. The van der Waals surface area contributed by atoms with Crippen molar-refractivity contribution in [2.45, 2.75) is 19.9 Å². The van der Waals surface area contributed by atoms with E-state index >= 15 is 0 Å². The molecule has 3 rings (SSSR count). The number of rotatable bonds is 4. The number of benzene rings is 2. The Morgan fingerprint density at radius 3 is 2.36 bits per heavy atom. The van der Waals surface area contributed by atoms with Gasteiger partial charge in [-0.1, -0.05) is 64.8 Å². The smallest absolute Gasteiger partial charge is 0.257 e. The second kappa shape index (κ2) is 7.30. The van der Waals surface area contributed by atoms with Crippen molar-refractivity contribution in [1.82, 2.24) is 10.5 Å². The third kappa shape index (κ3) is 3.55. The quantitative estimate of drug-likeness (QED) is 0.660. The molecule has 2 aromatic carbocycles. The van der Waals surface area contributed by atoms with Crippen LogP contribution in [0.1, 0.15) is 34.6 Å². The molecule has 0 aliphatic rings. The predicted molar refractivity (Wildman–Crippen MR) is 99.0 cm³/mol. The molecule has 1 heterocycles. The van der Waals surface area contributed by atoms with E-state index in [1.54, 1.807) is 25.1 Å². The molecule has 128 valence electrons. The summed E-state index contributed by atoms with van der Waals surface area (Å²) in [5.41, 5.74) is 2.16. The molecule has 0 saturated carbocycles. The number of carbonyl (C=O) groups is 1. The summed E-state index contributed by atoms with van der Waals surface area (Å²) >= 11 is 12.5. The predicted octanol–water partition coefficient (Wildman–Crippen LogP) is 5.45. The molecule has 0 spiro atoms. The molecule has 1 amide bonds. The van der Waals surface area contributed by atoms with Crippen LogP contribution in [-0.4, -0.2) is 11.1 Å². The molecule has 0 bridgehead atoms. The van der Waals surface area contributed by atoms with Gasteiger partial charge in [-0.05, 0) is 31.5 Å². The van der Waals surface area contributed by atoms with Crippen molar-refractivity contribution in [2.24, 2.45) is 0 Å². The molecule has 25 heavy (non-hydrogen) atoms. The first-order valence-corrected chi connectivity index (χ1v) is 8.51. The SMILES string of the molecule is Cc1onc(-c2c(Cl)cccc2Cl)c1C(=O)NC(C)c1ccccc1. The Labute approximate surface area is 155 Å². The normalized spacial score (nSPS) is 12.0. The largest absolute Gasteiger partial charge is 0.360 e. The first-order valence-electron chi connectivity index (χ1n) is 7.75. The Morgan fingerprint density at radius 2 is 1.72 bits per heavy atom. The molecule has 0 saturated heterocycles. The number of halogens is 2. The molecule has 1 unspecified atom stereocenters. The average Bonchev–Trinajstić information content (AvgIpc) is 2.97. The lowest BCUT2D eigenvalue weighted by atomic mass is 10.0. The zero-order valence-electron chi connectivity index (χ0n) is 13.7. The van der Waals surface area contributed by atoms with Crippen molar-refractivity contribution in [3.63, 3.8) is 0 Å². The minimum absolute atomic E-state index is 0.169. The Balaban J connectivity index is 1.96. The molecule has 3 aromatic rings. The Kier molecular flexibility index (Phi) is 5.11. The van der Waals surface area contributed by atoms with Gasteiger partial charge in [-0.25, -0.2) is 0 Å². The second-order valence-corrected chi connectivity index (χ2v) is 6.48. The van der Waals surface area contributed by atoms with Crippen LogP contribution in [0.3, 0.4) is 0 Å². The summed E-state index contributed by atoms with van der Waals surface area (Å²) in [6, 6.07) is 14.7. The van der Waals surface area contributed by atoms with Crippen molar-refractivity contribution in [3.05, 3.63) is 75.5 Å². The number of hydrogen-bond acceptors (Lipinski definition) is 3. The lowest BCUT2D eigenvalue weighted by Crippen LogP contribution is -2.27. The van der Waals surface area contributed by atoms with Gasteiger partial charge in [-0.3, -0.25) is 4.79 Å². The van der Waals surface area contributed by atoms with E-state index in [0.29, 0.717) is 32.6 Å². The molecule has 6 heteroatoms. The average molecular weight is 375 g/mol. The lowest BCUT2D eigenvalue weighted by molar-refractivity contribution is 0.0939. The van der Waals surface area contributed by atoms with Gasteiger partial charge in [0.15, 0.2) is 0 Å². The van der Waals surface area contributed by atoms with Crippen LogP contribution in [0.15, 0.2) is 53.1 Å². The zero-order valence-corrected chi connectivity index (χ0v) is 15.2. The summed E-state index contributed by atoms with van der Waals surface area (Å²) in [5.74, 6) is 0.116. The summed E-state index contributed by atoms with van der Waals surface area (Å²) in [6.07, 6.45) is 0. The van der Waals surface area contributed by atoms with E-state index in [1.807, 2.05) is 37.3 Å². The summed E-state index contributed by atoms with van der Waals surface area (Å²) in [4.78, 5) is 12.8. The van der Waals surface area contributed by atoms with Crippen molar-refractivity contribution in [1.29, 1.82) is 0 Å². The lowest BCUT2D eigenvalue weighted by Gasteiger charge is -2.14. The van der Waals surface area contributed by atoms with E-state index in [4.69, 9.17) is 27.7 Å². The highest BCUT2D eigenvalue weighted by Crippen LogP contribution is 2.36. The maximum absolute atomic E-state index is 12.8. The Bertz CT molecular complexity index is 887. The zero-order chi connectivity index (χ0) is 18.0. The maximum atomic E-state index is 12.8. The van der Waals surface area contributed by atoms with Crippen LogP contribution in [0.4, 0.5) is 0 Å². The summed E-state index contributed by atoms with van der Waals surface area (Å²) in [7, 11) is 0. The van der Waals surface area contributed by atoms with Gasteiger partial charge in [-0.15, -0.1) is 0 Å². The van der Waals surface area contributed by atoms with Crippen LogP contribution >= 0.6 is 23.2 Å². The van der Waals surface area contributed by atoms with E-state index < -0.39 is 0 Å². The molecule has 4 nitrogen and oxygen atoms in total. The van der Waals surface area contributed by atoms with Gasteiger partial charge in [0.1, 0.15) is 17.0 Å². The highest BCUT2D eigenvalue weighted by atomic mass is 35.5. The number of aromatic nitrogens is 1. The summed E-state index contributed by atoms with van der Waals surface area (Å²) in [5, 5.41) is 7.78. The van der Waals surface area contributed by atoms with Crippen LogP contribution in [0.25, 0.3) is 11.3 Å². The number of nitrogens with one attached hydrogen (secondary N) is 1. The Hall–Kier alpha value is -2.30. The number of hydrogen-bond donors (Lipinski definition) is 1. The van der Waals surface area contributed by atoms with E-state index in [0.717, 1.165) is 5.56 Å². The first kappa shape index (κ1) is 17.5. The van der Waals surface area contributed by atoms with Gasteiger partial charge in [0.05, 0.1) is 16.1 Å². The van der Waals surface area contributed by atoms with E-state index in [9.17, 15) is 4.79 Å². The maximum Gasteiger partial charge on any atom is 0.257 e. The molecule has 1 atom stereocenters. The van der Waals surface area contributed by atoms with Gasteiger partial charge in [0.2, 0.25) is 0 Å². The van der Waals surface area contributed by atoms with Gasteiger partial charge in [0.25, 0.3) is 5.91 Å². The summed E-state index contributed by atoms with van der Waals surface area (Å²) in [6.45, 7) is 3.60. The highest BCUT2D eigenvalue weighted by molar-refractivity contribution is 6.39. The van der Waals surface area contributed by atoms with Crippen LogP contribution in [0.2, 0.25) is 10.0 Å². The van der Waals surface area contributed by atoms with Gasteiger partial charge < -0.3 is 9.84 Å². The van der Waals surface area contributed by atoms with Gasteiger partial charge in [0, 0.05) is 5.56 Å². The van der Waals surface area contributed by atoms with E-state index in [-0.39, 0.29) is 11.9 Å². The van der Waals surface area contributed by atoms with Crippen LogP contribution in [0.5, 0.6) is 0 Å². The van der Waals surface area contributed by atoms with E-state index in [1.165, 1.54) is 0 Å². The van der Waals surface area contributed by atoms with Crippen LogP contribution < -0.4 is 5.32 Å². The number of amides is 1. The molecule has 0 aliphatic heterocycles. The minimum atomic E-state index is -0.291. The molecule has 1 aromatic heterocycles. The number of nitrogens with zero attached hydrogens (tertiary/aromatic N) is 1. The van der Waals surface area contributed by atoms with Gasteiger partial charge in [-0.2, -0.15) is 0 Å². The molecule has 1 N–H and O–H groups in total. The van der Waals surface area contributed by atoms with Crippen LogP contribution in [0, 0.1) is 6.92 Å². The van der Waals surface area contributed by atoms with Crippen LogP contribution in [-0.2, 0) is 0 Å². The van der Waals surface area contributed by atoms with Crippen molar-refractivity contribution < 1.29 is 9.32 Å². The number of aryl methyl sites for hydroxylation is 1. The third-order valence-corrected chi connectivity index (χ3v) is 4.57. The topological polar surface area (TPSA) is 55.1 Å². The Morgan fingerprint density at radius 1 is 1.08 bits per heavy atom. The van der Waals surface area contributed by atoms with Crippen molar-refractivity contribution >= 4 is 29.1 Å². The summed E-state index contributed by atoms with van der Waals surface area (Å²) < 4.78 is 5.24. The first-order chi connectivity index (χ1) is 12.0. The molecule has 0 fully saturated rings. The monoisotopic (exact) mass is 374 g/mol. The highest BCUT2D eigenvalue weighted by Gasteiger charge is 2.25. The number of carbonyl (C=O) groups excluding carboxylic acids is 1. The second-order valence-electron chi connectivity index (χ2n) is 5.66. The molecule has 0 aliphatic carbocycles. The molecular formula is C19H16Cl2N2O2. The molecular weight excluding hydrogens is 359 g/mol. The van der Waals surface area contributed by atoms with E-state index in [2.05, 4.69) is 10.5 Å². The van der Waals surface area contributed by atoms with Crippen molar-refractivity contribution in [2.75, 3.05) is 0 Å².